The van der Waals surface area contributed by atoms with Crippen molar-refractivity contribution >= 4 is 28.7 Å². The number of non-ortho nitro benzene ring substituents is 1. The number of aromatic nitrogens is 1. The third-order valence-electron chi connectivity index (χ3n) is 4.32. The van der Waals surface area contributed by atoms with Crippen molar-refractivity contribution in [3.05, 3.63) is 71.8 Å². The first-order valence-corrected chi connectivity index (χ1v) is 9.89. The number of nitriles is 2. The average molecular weight is 436 g/mol. The number of thiazole rings is 1. The Labute approximate surface area is 180 Å². The van der Waals surface area contributed by atoms with Crippen molar-refractivity contribution < 1.29 is 14.1 Å². The first-order valence-electron chi connectivity index (χ1n) is 9.08. The Balaban J connectivity index is 2.07. The standard InChI is InChI=1S/C21H16N4O5S/c1-29-9-3-8-24-20(26)19(31-21(24)15(12-22)13-23)11-17-6-7-18(30-17)14-4-2-5-16(10-14)25(27)28/h2,4-7,10-11H,3,8-9H2,1H3. The molecule has 0 spiro atoms. The zero-order chi connectivity index (χ0) is 22.4. The Kier molecular flexibility index (Phi) is 6.78. The predicted molar refractivity (Wildman–Crippen MR) is 113 cm³/mol. The number of methoxy groups -OCH3 is 1. The van der Waals surface area contributed by atoms with Crippen molar-refractivity contribution in [1.82, 2.24) is 4.57 Å². The predicted octanol–water partition coefficient (Wildman–Crippen LogP) is 2.14. The maximum atomic E-state index is 12.9. The molecule has 0 unspecified atom stereocenters. The van der Waals surface area contributed by atoms with Gasteiger partial charge in [0.2, 0.25) is 0 Å². The number of nitro benzene ring substituents is 1. The second-order valence-corrected chi connectivity index (χ2v) is 7.36. The fourth-order valence-corrected chi connectivity index (χ4v) is 3.94. The lowest BCUT2D eigenvalue weighted by molar-refractivity contribution is -0.384. The van der Waals surface area contributed by atoms with Crippen molar-refractivity contribution in [2.75, 3.05) is 13.7 Å². The van der Waals surface area contributed by atoms with Gasteiger partial charge in [0.05, 0.1) is 9.46 Å². The molecule has 0 aliphatic heterocycles. The van der Waals surface area contributed by atoms with Crippen LogP contribution in [-0.4, -0.2) is 23.2 Å². The van der Waals surface area contributed by atoms with Crippen LogP contribution in [0.5, 0.6) is 0 Å². The van der Waals surface area contributed by atoms with Crippen LogP contribution in [0.2, 0.25) is 0 Å². The van der Waals surface area contributed by atoms with Crippen LogP contribution in [0.1, 0.15) is 12.2 Å². The molecule has 1 aromatic carbocycles. The summed E-state index contributed by atoms with van der Waals surface area (Å²) < 4.78 is 12.7. The summed E-state index contributed by atoms with van der Waals surface area (Å²) in [5.41, 5.74) is -0.0112. The highest BCUT2D eigenvalue weighted by Crippen LogP contribution is 2.25. The number of ether oxygens (including phenoxy) is 1. The number of hydrogen-bond donors (Lipinski definition) is 0. The average Bonchev–Trinajstić information content (AvgIpc) is 3.36. The quantitative estimate of drug-likeness (QED) is 0.314. The summed E-state index contributed by atoms with van der Waals surface area (Å²) in [5.74, 6) is 0.777. The van der Waals surface area contributed by atoms with Gasteiger partial charge in [-0.2, -0.15) is 10.5 Å². The second kappa shape index (κ2) is 9.67. The van der Waals surface area contributed by atoms with E-state index >= 15 is 0 Å². The lowest BCUT2D eigenvalue weighted by atomic mass is 10.1. The molecule has 0 N–H and O–H groups in total. The van der Waals surface area contributed by atoms with Gasteiger partial charge in [0.15, 0.2) is 5.57 Å². The highest BCUT2D eigenvalue weighted by Gasteiger charge is 2.12. The Morgan fingerprint density at radius 2 is 2.10 bits per heavy atom. The van der Waals surface area contributed by atoms with Crippen molar-refractivity contribution in [2.24, 2.45) is 0 Å². The smallest absolute Gasteiger partial charge is 0.270 e. The van der Waals surface area contributed by atoms with Gasteiger partial charge < -0.3 is 9.15 Å². The molecule has 9 nitrogen and oxygen atoms in total. The molecule has 0 saturated carbocycles. The van der Waals surface area contributed by atoms with Gasteiger partial charge >= 0.3 is 0 Å². The Bertz CT molecular complexity index is 1370. The van der Waals surface area contributed by atoms with Crippen LogP contribution in [0.4, 0.5) is 5.69 Å². The summed E-state index contributed by atoms with van der Waals surface area (Å²) in [6, 6.07) is 13.0. The lowest BCUT2D eigenvalue weighted by Gasteiger charge is -2.01. The van der Waals surface area contributed by atoms with Gasteiger partial charge in [-0.3, -0.25) is 19.5 Å². The van der Waals surface area contributed by atoms with E-state index in [-0.39, 0.29) is 21.5 Å². The number of hydrogen-bond acceptors (Lipinski definition) is 8. The number of nitro groups is 1. The van der Waals surface area contributed by atoms with Crippen molar-refractivity contribution in [3.63, 3.8) is 0 Å². The maximum Gasteiger partial charge on any atom is 0.270 e. The van der Waals surface area contributed by atoms with Crippen LogP contribution in [0.15, 0.2) is 45.6 Å². The zero-order valence-electron chi connectivity index (χ0n) is 16.4. The topological polar surface area (TPSA) is 135 Å². The van der Waals surface area contributed by atoms with E-state index in [1.807, 2.05) is 12.1 Å². The number of nitrogens with zero attached hydrogens (tertiary/aromatic N) is 4. The molecule has 0 aliphatic rings. The molecular weight excluding hydrogens is 420 g/mol. The molecule has 0 aliphatic carbocycles. The van der Waals surface area contributed by atoms with Gasteiger partial charge in [-0.15, -0.1) is 11.3 Å². The van der Waals surface area contributed by atoms with Gasteiger partial charge in [0.1, 0.15) is 28.3 Å². The normalized spacial score (nSPS) is 11.1. The van der Waals surface area contributed by atoms with Crippen LogP contribution in [0, 0.1) is 32.8 Å². The Morgan fingerprint density at radius 3 is 2.77 bits per heavy atom. The van der Waals surface area contributed by atoms with E-state index in [1.165, 1.54) is 22.8 Å². The molecule has 0 fully saturated rings. The monoisotopic (exact) mass is 436 g/mol. The van der Waals surface area contributed by atoms with Crippen molar-refractivity contribution in [2.45, 2.75) is 13.0 Å². The third kappa shape index (κ3) is 4.78. The highest BCUT2D eigenvalue weighted by molar-refractivity contribution is 7.07. The molecule has 10 heteroatoms. The SMILES string of the molecule is COCCCn1c(=C(C#N)C#N)sc(=Cc2ccc(-c3cccc([N+](=O)[O-])c3)o2)c1=O. The summed E-state index contributed by atoms with van der Waals surface area (Å²) in [6.45, 7) is 0.732. The zero-order valence-corrected chi connectivity index (χ0v) is 17.2. The van der Waals surface area contributed by atoms with Gasteiger partial charge in [-0.25, -0.2) is 0 Å². The first-order chi connectivity index (χ1) is 15.0. The second-order valence-electron chi connectivity index (χ2n) is 6.33. The minimum absolute atomic E-state index is 0.0580. The van der Waals surface area contributed by atoms with Crippen LogP contribution in [0.3, 0.4) is 0 Å². The molecule has 31 heavy (non-hydrogen) atoms. The first kappa shape index (κ1) is 21.7. The fourth-order valence-electron chi connectivity index (χ4n) is 2.88. The summed E-state index contributed by atoms with van der Waals surface area (Å²) >= 11 is 1.03. The third-order valence-corrected chi connectivity index (χ3v) is 5.45. The maximum absolute atomic E-state index is 12.9. The van der Waals surface area contributed by atoms with Crippen LogP contribution >= 0.6 is 11.3 Å². The van der Waals surface area contributed by atoms with E-state index in [1.54, 1.807) is 31.4 Å². The molecule has 3 rings (SSSR count). The molecule has 156 valence electrons. The van der Waals surface area contributed by atoms with Gasteiger partial charge in [0, 0.05) is 44.0 Å². The molecule has 0 amide bonds. The summed E-state index contributed by atoms with van der Waals surface area (Å²) in [6.07, 6.45) is 2.07. The number of furan rings is 1. The van der Waals surface area contributed by atoms with E-state index < -0.39 is 4.92 Å². The molecule has 0 bridgehead atoms. The molecule has 2 aromatic heterocycles. The van der Waals surface area contributed by atoms with E-state index in [0.29, 0.717) is 41.2 Å². The lowest BCUT2D eigenvalue weighted by Crippen LogP contribution is -2.32. The molecule has 0 saturated heterocycles. The van der Waals surface area contributed by atoms with Gasteiger partial charge in [0.25, 0.3) is 11.2 Å². The molecular formula is C21H16N4O5S. The van der Waals surface area contributed by atoms with Crippen LogP contribution < -0.4 is 14.8 Å². The molecule has 0 atom stereocenters. The van der Waals surface area contributed by atoms with Gasteiger partial charge in [-0.05, 0) is 18.6 Å². The molecule has 3 aromatic rings. The summed E-state index contributed by atoms with van der Waals surface area (Å²) in [5, 5.41) is 29.5. The minimum Gasteiger partial charge on any atom is -0.457 e. The highest BCUT2D eigenvalue weighted by atomic mass is 32.1. The minimum atomic E-state index is -0.489. The fraction of sp³-hybridized carbons (Fsp3) is 0.190. The van der Waals surface area contributed by atoms with E-state index in [9.17, 15) is 25.4 Å². The van der Waals surface area contributed by atoms with Gasteiger partial charge in [-0.1, -0.05) is 12.1 Å². The van der Waals surface area contributed by atoms with Crippen LogP contribution in [0.25, 0.3) is 23.0 Å². The number of rotatable bonds is 7. The Morgan fingerprint density at radius 1 is 1.32 bits per heavy atom. The van der Waals surface area contributed by atoms with Crippen molar-refractivity contribution in [1.29, 1.82) is 10.5 Å². The largest absolute Gasteiger partial charge is 0.457 e. The molecule has 0 radical (unpaired) electrons. The molecule has 2 heterocycles. The summed E-state index contributed by atoms with van der Waals surface area (Å²) in [7, 11) is 1.55. The van der Waals surface area contributed by atoms with E-state index in [2.05, 4.69) is 0 Å². The van der Waals surface area contributed by atoms with E-state index in [0.717, 1.165) is 11.3 Å². The van der Waals surface area contributed by atoms with E-state index in [4.69, 9.17) is 9.15 Å². The number of benzene rings is 1. The van der Waals surface area contributed by atoms with Crippen LogP contribution in [-0.2, 0) is 11.3 Å². The summed E-state index contributed by atoms with van der Waals surface area (Å²) in [4.78, 5) is 23.4. The Hall–Kier alpha value is -3.99. The van der Waals surface area contributed by atoms with Crippen molar-refractivity contribution in [3.8, 4) is 23.5 Å².